The lowest BCUT2D eigenvalue weighted by atomic mass is 10.1. The van der Waals surface area contributed by atoms with Gasteiger partial charge in [-0.25, -0.2) is 4.98 Å². The van der Waals surface area contributed by atoms with Gasteiger partial charge in [0.1, 0.15) is 10.8 Å². The second-order valence-electron chi connectivity index (χ2n) is 3.63. The first kappa shape index (κ1) is 11.7. The van der Waals surface area contributed by atoms with Crippen LogP contribution in [0.25, 0.3) is 0 Å². The predicted molar refractivity (Wildman–Crippen MR) is 66.6 cm³/mol. The zero-order valence-electron chi connectivity index (χ0n) is 9.35. The highest BCUT2D eigenvalue weighted by Crippen LogP contribution is 2.14. The molecular formula is C12H12ClN3O. The standard InChI is InChI=1S/C12H12ClN3O/c1-2-9-3-4-10(16(9)14)12(17)8-5-6-15-11(13)7-8/h3-7H,2,14H2,1H3. The van der Waals surface area contributed by atoms with Crippen molar-refractivity contribution in [3.8, 4) is 0 Å². The Morgan fingerprint density at radius 1 is 1.47 bits per heavy atom. The van der Waals surface area contributed by atoms with Gasteiger partial charge in [0.05, 0.1) is 0 Å². The van der Waals surface area contributed by atoms with Crippen molar-refractivity contribution in [1.29, 1.82) is 0 Å². The van der Waals surface area contributed by atoms with Crippen LogP contribution in [0.2, 0.25) is 5.15 Å². The maximum atomic E-state index is 12.2. The molecule has 0 saturated carbocycles. The number of nitrogens with zero attached hydrogens (tertiary/aromatic N) is 2. The van der Waals surface area contributed by atoms with Crippen molar-refractivity contribution in [3.63, 3.8) is 0 Å². The molecule has 0 spiro atoms. The fraction of sp³-hybridized carbons (Fsp3) is 0.167. The van der Waals surface area contributed by atoms with E-state index in [0.717, 1.165) is 12.1 Å². The van der Waals surface area contributed by atoms with Crippen molar-refractivity contribution >= 4 is 17.4 Å². The molecule has 0 unspecified atom stereocenters. The number of nitrogens with two attached hydrogens (primary N) is 1. The number of aryl methyl sites for hydroxylation is 1. The van der Waals surface area contributed by atoms with Crippen molar-refractivity contribution in [3.05, 3.63) is 52.6 Å². The van der Waals surface area contributed by atoms with Crippen LogP contribution in [0.1, 0.15) is 28.7 Å². The minimum Gasteiger partial charge on any atom is -0.339 e. The van der Waals surface area contributed by atoms with Gasteiger partial charge < -0.3 is 5.84 Å². The number of halogens is 1. The number of rotatable bonds is 3. The van der Waals surface area contributed by atoms with Crippen molar-refractivity contribution in [2.45, 2.75) is 13.3 Å². The summed E-state index contributed by atoms with van der Waals surface area (Å²) in [5.41, 5.74) is 1.84. The lowest BCUT2D eigenvalue weighted by molar-refractivity contribution is 0.103. The van der Waals surface area contributed by atoms with Crippen LogP contribution in [0, 0.1) is 0 Å². The zero-order valence-corrected chi connectivity index (χ0v) is 10.1. The molecule has 0 atom stereocenters. The van der Waals surface area contributed by atoms with Gasteiger partial charge >= 0.3 is 0 Å². The van der Waals surface area contributed by atoms with Crippen LogP contribution in [0.5, 0.6) is 0 Å². The maximum absolute atomic E-state index is 12.2. The summed E-state index contributed by atoms with van der Waals surface area (Å²) in [5.74, 6) is 5.68. The van der Waals surface area contributed by atoms with Gasteiger partial charge in [-0.1, -0.05) is 18.5 Å². The Morgan fingerprint density at radius 3 is 2.82 bits per heavy atom. The number of carbonyl (C=O) groups is 1. The van der Waals surface area contributed by atoms with Gasteiger partial charge in [0.25, 0.3) is 0 Å². The number of carbonyl (C=O) groups excluding carboxylic acids is 1. The summed E-state index contributed by atoms with van der Waals surface area (Å²) in [5, 5.41) is 0.293. The van der Waals surface area contributed by atoms with Crippen LogP contribution in [0.3, 0.4) is 0 Å². The van der Waals surface area contributed by atoms with Gasteiger partial charge in [0.15, 0.2) is 0 Å². The molecule has 2 N–H and O–H groups in total. The summed E-state index contributed by atoms with van der Waals surface area (Å²) in [7, 11) is 0. The molecule has 0 aliphatic carbocycles. The summed E-state index contributed by atoms with van der Waals surface area (Å²) in [6.07, 6.45) is 2.28. The Labute approximate surface area is 104 Å². The Kier molecular flexibility index (Phi) is 3.15. The van der Waals surface area contributed by atoms with Gasteiger partial charge in [-0.05, 0) is 30.7 Å². The van der Waals surface area contributed by atoms with Crippen LogP contribution < -0.4 is 5.84 Å². The maximum Gasteiger partial charge on any atom is 0.211 e. The molecule has 0 amide bonds. The van der Waals surface area contributed by atoms with Crippen LogP contribution in [-0.2, 0) is 6.42 Å². The second kappa shape index (κ2) is 4.59. The number of hydrogen-bond donors (Lipinski definition) is 1. The van der Waals surface area contributed by atoms with E-state index in [9.17, 15) is 4.79 Å². The second-order valence-corrected chi connectivity index (χ2v) is 4.02. The van der Waals surface area contributed by atoms with Crippen molar-refractivity contribution < 1.29 is 4.79 Å². The molecule has 0 fully saturated rings. The Hall–Kier alpha value is -1.81. The summed E-state index contributed by atoms with van der Waals surface area (Å²) in [6.45, 7) is 1.98. The molecule has 0 aliphatic heterocycles. The minimum atomic E-state index is -0.156. The average molecular weight is 250 g/mol. The van der Waals surface area contributed by atoms with Gasteiger partial charge in [-0.15, -0.1) is 0 Å². The number of hydrogen-bond acceptors (Lipinski definition) is 3. The van der Waals surface area contributed by atoms with Crippen LogP contribution in [0.4, 0.5) is 0 Å². The fourth-order valence-corrected chi connectivity index (χ4v) is 1.83. The van der Waals surface area contributed by atoms with E-state index in [1.807, 2.05) is 13.0 Å². The highest BCUT2D eigenvalue weighted by atomic mass is 35.5. The fourth-order valence-electron chi connectivity index (χ4n) is 1.66. The summed E-state index contributed by atoms with van der Waals surface area (Å²) in [4.78, 5) is 16.0. The van der Waals surface area contributed by atoms with Gasteiger partial charge in [0.2, 0.25) is 5.78 Å². The lowest BCUT2D eigenvalue weighted by Gasteiger charge is -2.05. The third kappa shape index (κ3) is 2.17. The van der Waals surface area contributed by atoms with Crippen LogP contribution in [0.15, 0.2) is 30.5 Å². The Morgan fingerprint density at radius 2 is 2.24 bits per heavy atom. The van der Waals surface area contributed by atoms with E-state index < -0.39 is 0 Å². The summed E-state index contributed by atoms with van der Waals surface area (Å²) in [6, 6.07) is 6.71. The highest BCUT2D eigenvalue weighted by molar-refractivity contribution is 6.29. The molecule has 88 valence electrons. The SMILES string of the molecule is CCc1ccc(C(=O)c2ccnc(Cl)c2)n1N. The number of pyridine rings is 1. The van der Waals surface area contributed by atoms with Crippen molar-refractivity contribution in [2.75, 3.05) is 5.84 Å². The first-order valence-electron chi connectivity index (χ1n) is 5.25. The smallest absolute Gasteiger partial charge is 0.211 e. The van der Waals surface area contributed by atoms with Crippen molar-refractivity contribution in [1.82, 2.24) is 9.66 Å². The van der Waals surface area contributed by atoms with E-state index in [2.05, 4.69) is 4.98 Å². The van der Waals surface area contributed by atoms with Gasteiger partial charge in [-0.2, -0.15) is 0 Å². The topological polar surface area (TPSA) is 60.9 Å². The monoisotopic (exact) mass is 249 g/mol. The van der Waals surface area contributed by atoms with Crippen LogP contribution >= 0.6 is 11.6 Å². The lowest BCUT2D eigenvalue weighted by Crippen LogP contribution is -2.19. The summed E-state index contributed by atoms with van der Waals surface area (Å²) >= 11 is 5.75. The van der Waals surface area contributed by atoms with E-state index in [1.54, 1.807) is 12.1 Å². The zero-order chi connectivity index (χ0) is 12.4. The van der Waals surface area contributed by atoms with Gasteiger partial charge in [-0.3, -0.25) is 9.47 Å². The molecule has 2 rings (SSSR count). The summed E-state index contributed by atoms with van der Waals surface area (Å²) < 4.78 is 1.41. The number of aromatic nitrogens is 2. The van der Waals surface area contributed by atoms with E-state index in [4.69, 9.17) is 17.4 Å². The highest BCUT2D eigenvalue weighted by Gasteiger charge is 2.15. The number of nitrogen functional groups attached to an aromatic ring is 1. The molecule has 4 nitrogen and oxygen atoms in total. The molecule has 2 aromatic rings. The minimum absolute atomic E-state index is 0.156. The van der Waals surface area contributed by atoms with E-state index >= 15 is 0 Å². The Balaban J connectivity index is 2.40. The molecule has 5 heteroatoms. The molecule has 0 saturated heterocycles. The first-order chi connectivity index (χ1) is 8.13. The van der Waals surface area contributed by atoms with E-state index in [-0.39, 0.29) is 5.78 Å². The van der Waals surface area contributed by atoms with E-state index in [0.29, 0.717) is 16.4 Å². The molecule has 0 aliphatic rings. The predicted octanol–water partition coefficient (Wildman–Crippen LogP) is 2.04. The normalized spacial score (nSPS) is 10.5. The third-order valence-corrected chi connectivity index (χ3v) is 2.79. The Bertz CT molecular complexity index is 563. The molecule has 2 aromatic heterocycles. The molecular weight excluding hydrogens is 238 g/mol. The molecule has 0 radical (unpaired) electrons. The van der Waals surface area contributed by atoms with E-state index in [1.165, 1.54) is 16.9 Å². The van der Waals surface area contributed by atoms with Crippen LogP contribution in [-0.4, -0.2) is 15.4 Å². The molecule has 17 heavy (non-hydrogen) atoms. The molecule has 0 bridgehead atoms. The quantitative estimate of drug-likeness (QED) is 0.514. The largest absolute Gasteiger partial charge is 0.339 e. The van der Waals surface area contributed by atoms with Crippen molar-refractivity contribution in [2.24, 2.45) is 0 Å². The molecule has 2 heterocycles. The third-order valence-electron chi connectivity index (χ3n) is 2.59. The van der Waals surface area contributed by atoms with Gasteiger partial charge in [0, 0.05) is 17.5 Å². The first-order valence-corrected chi connectivity index (χ1v) is 5.63. The number of ketones is 1. The molecule has 0 aromatic carbocycles. The average Bonchev–Trinajstić information content (AvgIpc) is 2.69.